The van der Waals surface area contributed by atoms with Gasteiger partial charge >= 0.3 is 0 Å². The minimum Gasteiger partial charge on any atom is -0.496 e. The molecule has 126 valence electrons. The van der Waals surface area contributed by atoms with E-state index in [9.17, 15) is 4.79 Å². The highest BCUT2D eigenvalue weighted by molar-refractivity contribution is 6.05. The van der Waals surface area contributed by atoms with Gasteiger partial charge in [-0.2, -0.15) is 0 Å². The van der Waals surface area contributed by atoms with Crippen LogP contribution >= 0.6 is 0 Å². The smallest absolute Gasteiger partial charge is 0.255 e. The van der Waals surface area contributed by atoms with Crippen LogP contribution in [0.3, 0.4) is 0 Å². The average molecular weight is 326 g/mol. The first-order valence-electron chi connectivity index (χ1n) is 8.03. The Morgan fingerprint density at radius 1 is 1.12 bits per heavy atom. The van der Waals surface area contributed by atoms with Crippen LogP contribution in [0, 0.1) is 6.92 Å². The van der Waals surface area contributed by atoms with Gasteiger partial charge in [0.15, 0.2) is 0 Å². The normalized spacial score (nSPS) is 12.8. The number of methoxy groups -OCH3 is 2. The molecule has 0 radical (unpaired) electrons. The molecule has 1 aliphatic heterocycles. The molecule has 3 rings (SSSR count). The van der Waals surface area contributed by atoms with Gasteiger partial charge in [-0.05, 0) is 55.7 Å². The number of fused-ring (bicyclic) bond motifs is 1. The van der Waals surface area contributed by atoms with Crippen molar-refractivity contribution in [3.8, 4) is 11.5 Å². The van der Waals surface area contributed by atoms with Gasteiger partial charge in [0.05, 0.1) is 14.2 Å². The largest absolute Gasteiger partial charge is 0.496 e. The van der Waals surface area contributed by atoms with E-state index in [2.05, 4.69) is 10.6 Å². The molecule has 5 nitrogen and oxygen atoms in total. The van der Waals surface area contributed by atoms with Gasteiger partial charge in [0.25, 0.3) is 5.91 Å². The average Bonchev–Trinajstić information content (AvgIpc) is 2.61. The molecule has 1 heterocycles. The zero-order chi connectivity index (χ0) is 17.1. The van der Waals surface area contributed by atoms with Crippen LogP contribution in [-0.4, -0.2) is 26.7 Å². The Morgan fingerprint density at radius 3 is 2.50 bits per heavy atom. The Balaban J connectivity index is 1.85. The molecule has 0 bridgehead atoms. The first kappa shape index (κ1) is 16.2. The second-order valence-electron chi connectivity index (χ2n) is 5.86. The maximum atomic E-state index is 12.6. The summed E-state index contributed by atoms with van der Waals surface area (Å²) in [5.74, 6) is 1.08. The van der Waals surface area contributed by atoms with Crippen molar-refractivity contribution in [2.75, 3.05) is 31.4 Å². The molecule has 0 unspecified atom stereocenters. The van der Waals surface area contributed by atoms with Gasteiger partial charge in [0.1, 0.15) is 11.5 Å². The summed E-state index contributed by atoms with van der Waals surface area (Å²) < 4.78 is 10.7. The number of carbonyl (C=O) groups is 1. The van der Waals surface area contributed by atoms with Crippen LogP contribution in [0.4, 0.5) is 11.4 Å². The van der Waals surface area contributed by atoms with Crippen molar-refractivity contribution in [2.45, 2.75) is 19.8 Å². The monoisotopic (exact) mass is 326 g/mol. The van der Waals surface area contributed by atoms with Crippen molar-refractivity contribution >= 4 is 17.3 Å². The first-order valence-corrected chi connectivity index (χ1v) is 8.03. The molecule has 0 fully saturated rings. The van der Waals surface area contributed by atoms with E-state index in [1.807, 2.05) is 25.1 Å². The van der Waals surface area contributed by atoms with Crippen LogP contribution < -0.4 is 20.1 Å². The van der Waals surface area contributed by atoms with Gasteiger partial charge in [-0.15, -0.1) is 0 Å². The van der Waals surface area contributed by atoms with E-state index in [-0.39, 0.29) is 5.91 Å². The van der Waals surface area contributed by atoms with Crippen molar-refractivity contribution in [3.63, 3.8) is 0 Å². The SMILES string of the molecule is COc1cc(C(=O)Nc2ccc3c(c2)CCCN3)cc(OC)c1C. The first-order chi connectivity index (χ1) is 11.6. The van der Waals surface area contributed by atoms with E-state index < -0.39 is 0 Å². The molecule has 0 atom stereocenters. The molecule has 2 aromatic carbocycles. The van der Waals surface area contributed by atoms with Crippen molar-refractivity contribution in [1.82, 2.24) is 0 Å². The Labute approximate surface area is 142 Å². The fourth-order valence-electron chi connectivity index (χ4n) is 2.97. The fourth-order valence-corrected chi connectivity index (χ4v) is 2.97. The third-order valence-electron chi connectivity index (χ3n) is 4.32. The number of aryl methyl sites for hydroxylation is 1. The molecule has 5 heteroatoms. The van der Waals surface area contributed by atoms with Gasteiger partial charge in [-0.25, -0.2) is 0 Å². The number of anilines is 2. The summed E-state index contributed by atoms with van der Waals surface area (Å²) in [5, 5.41) is 6.32. The number of ether oxygens (including phenoxy) is 2. The zero-order valence-corrected chi connectivity index (χ0v) is 14.2. The van der Waals surface area contributed by atoms with Crippen molar-refractivity contribution in [1.29, 1.82) is 0 Å². The number of hydrogen-bond acceptors (Lipinski definition) is 4. The Hall–Kier alpha value is -2.69. The van der Waals surface area contributed by atoms with E-state index in [4.69, 9.17) is 9.47 Å². The lowest BCUT2D eigenvalue weighted by molar-refractivity contribution is 0.102. The molecule has 0 aliphatic carbocycles. The highest BCUT2D eigenvalue weighted by Crippen LogP contribution is 2.30. The molecule has 24 heavy (non-hydrogen) atoms. The highest BCUT2D eigenvalue weighted by Gasteiger charge is 2.15. The minimum atomic E-state index is -0.185. The zero-order valence-electron chi connectivity index (χ0n) is 14.2. The molecule has 1 aliphatic rings. The summed E-state index contributed by atoms with van der Waals surface area (Å²) >= 11 is 0. The number of hydrogen-bond donors (Lipinski definition) is 2. The summed E-state index contributed by atoms with van der Waals surface area (Å²) in [4.78, 5) is 12.6. The number of rotatable bonds is 4. The predicted molar refractivity (Wildman–Crippen MR) is 95.5 cm³/mol. The summed E-state index contributed by atoms with van der Waals surface area (Å²) in [6.45, 7) is 2.90. The Morgan fingerprint density at radius 2 is 1.83 bits per heavy atom. The third-order valence-corrected chi connectivity index (χ3v) is 4.32. The molecule has 0 saturated heterocycles. The van der Waals surface area contributed by atoms with E-state index in [1.165, 1.54) is 5.56 Å². The van der Waals surface area contributed by atoms with Gasteiger partial charge in [0, 0.05) is 29.0 Å². The topological polar surface area (TPSA) is 59.6 Å². The second kappa shape index (κ2) is 6.83. The van der Waals surface area contributed by atoms with Crippen molar-refractivity contribution in [3.05, 3.63) is 47.0 Å². The van der Waals surface area contributed by atoms with Gasteiger partial charge in [0.2, 0.25) is 0 Å². The predicted octanol–water partition coefficient (Wildman–Crippen LogP) is 3.62. The molecule has 1 amide bonds. The summed E-state index contributed by atoms with van der Waals surface area (Å²) in [5.41, 5.74) is 4.55. The van der Waals surface area contributed by atoms with E-state index in [0.29, 0.717) is 17.1 Å². The van der Waals surface area contributed by atoms with E-state index >= 15 is 0 Å². The lowest BCUT2D eigenvalue weighted by Crippen LogP contribution is -2.15. The lowest BCUT2D eigenvalue weighted by atomic mass is 10.0. The molecule has 2 aromatic rings. The number of nitrogens with one attached hydrogen (secondary N) is 2. The fraction of sp³-hybridized carbons (Fsp3) is 0.316. The van der Waals surface area contributed by atoms with Crippen LogP contribution in [0.5, 0.6) is 11.5 Å². The maximum absolute atomic E-state index is 12.6. The molecular weight excluding hydrogens is 304 g/mol. The van der Waals surface area contributed by atoms with Crippen molar-refractivity contribution in [2.24, 2.45) is 0 Å². The van der Waals surface area contributed by atoms with Crippen LogP contribution in [0.2, 0.25) is 0 Å². The molecule has 0 saturated carbocycles. The number of amides is 1. The Kier molecular flexibility index (Phi) is 4.60. The minimum absolute atomic E-state index is 0.185. The highest BCUT2D eigenvalue weighted by atomic mass is 16.5. The third kappa shape index (κ3) is 3.15. The summed E-state index contributed by atoms with van der Waals surface area (Å²) in [7, 11) is 3.17. The van der Waals surface area contributed by atoms with Gasteiger partial charge in [-0.1, -0.05) is 0 Å². The van der Waals surface area contributed by atoms with Crippen LogP contribution in [0.15, 0.2) is 30.3 Å². The van der Waals surface area contributed by atoms with Gasteiger partial charge in [-0.3, -0.25) is 4.79 Å². The van der Waals surface area contributed by atoms with Crippen molar-refractivity contribution < 1.29 is 14.3 Å². The van der Waals surface area contributed by atoms with Crippen LogP contribution in [0.1, 0.15) is 27.9 Å². The number of carbonyl (C=O) groups excluding carboxylic acids is 1. The standard InChI is InChI=1S/C19H22N2O3/c1-12-17(23-2)10-14(11-18(12)24-3)19(22)21-15-6-7-16-13(9-15)5-4-8-20-16/h6-7,9-11,20H,4-5,8H2,1-3H3,(H,21,22). The van der Waals surface area contributed by atoms with Crippen LogP contribution in [-0.2, 0) is 6.42 Å². The Bertz CT molecular complexity index is 746. The van der Waals surface area contributed by atoms with Crippen LogP contribution in [0.25, 0.3) is 0 Å². The number of benzene rings is 2. The van der Waals surface area contributed by atoms with Gasteiger partial charge < -0.3 is 20.1 Å². The molecular formula is C19H22N2O3. The van der Waals surface area contributed by atoms with E-state index in [1.54, 1.807) is 26.4 Å². The second-order valence-corrected chi connectivity index (χ2v) is 5.86. The lowest BCUT2D eigenvalue weighted by Gasteiger charge is -2.19. The molecule has 2 N–H and O–H groups in total. The maximum Gasteiger partial charge on any atom is 0.255 e. The quantitative estimate of drug-likeness (QED) is 0.901. The van der Waals surface area contributed by atoms with E-state index in [0.717, 1.165) is 36.3 Å². The molecule has 0 spiro atoms. The summed E-state index contributed by atoms with van der Waals surface area (Å²) in [6, 6.07) is 9.42. The molecule has 0 aromatic heterocycles. The summed E-state index contributed by atoms with van der Waals surface area (Å²) in [6.07, 6.45) is 2.13.